The smallest absolute Gasteiger partial charge is 0.257 e. The summed E-state index contributed by atoms with van der Waals surface area (Å²) in [6.45, 7) is 8.33. The van der Waals surface area contributed by atoms with Crippen molar-refractivity contribution in [3.05, 3.63) is 29.8 Å². The summed E-state index contributed by atoms with van der Waals surface area (Å²) in [5, 5.41) is 6.25. The number of carbonyl (C=O) groups is 1. The molecular formula is C17H26N2O2. The molecule has 1 amide bonds. The molecule has 0 radical (unpaired) electrons. The van der Waals surface area contributed by atoms with Gasteiger partial charge < -0.3 is 15.4 Å². The van der Waals surface area contributed by atoms with Gasteiger partial charge in [0.2, 0.25) is 0 Å². The lowest BCUT2D eigenvalue weighted by molar-refractivity contribution is -0.123. The highest BCUT2D eigenvalue weighted by molar-refractivity contribution is 5.77. The Morgan fingerprint density at radius 3 is 2.62 bits per heavy atom. The first-order chi connectivity index (χ1) is 9.95. The van der Waals surface area contributed by atoms with E-state index in [9.17, 15) is 4.79 Å². The van der Waals surface area contributed by atoms with Crippen LogP contribution in [-0.4, -0.2) is 31.6 Å². The molecule has 1 unspecified atom stereocenters. The molecule has 0 aromatic heterocycles. The van der Waals surface area contributed by atoms with Gasteiger partial charge in [0.25, 0.3) is 5.91 Å². The van der Waals surface area contributed by atoms with Crippen molar-refractivity contribution < 1.29 is 9.53 Å². The maximum atomic E-state index is 11.7. The molecule has 0 spiro atoms. The Balaban J connectivity index is 1.73. The average Bonchev–Trinajstić information content (AvgIpc) is 2.95. The maximum absolute atomic E-state index is 11.7. The van der Waals surface area contributed by atoms with E-state index in [-0.39, 0.29) is 17.9 Å². The van der Waals surface area contributed by atoms with E-state index >= 15 is 0 Å². The Labute approximate surface area is 127 Å². The Morgan fingerprint density at radius 1 is 1.33 bits per heavy atom. The van der Waals surface area contributed by atoms with Crippen LogP contribution in [0.15, 0.2) is 24.3 Å². The Bertz CT molecular complexity index is 457. The highest BCUT2D eigenvalue weighted by Gasteiger charge is 2.15. The molecule has 2 rings (SSSR count). The first-order valence-corrected chi connectivity index (χ1v) is 7.68. The predicted octanol–water partition coefficient (Wildman–Crippen LogP) is 2.23. The average molecular weight is 290 g/mol. The van der Waals surface area contributed by atoms with Crippen molar-refractivity contribution in [2.24, 2.45) is 0 Å². The fourth-order valence-corrected chi connectivity index (χ4v) is 2.42. The quantitative estimate of drug-likeness (QED) is 0.874. The number of benzene rings is 1. The molecule has 0 bridgehead atoms. The molecule has 1 aromatic carbocycles. The fourth-order valence-electron chi connectivity index (χ4n) is 2.42. The van der Waals surface area contributed by atoms with Crippen LogP contribution in [0.1, 0.15) is 39.2 Å². The van der Waals surface area contributed by atoms with Gasteiger partial charge in [-0.25, -0.2) is 0 Å². The number of amides is 1. The van der Waals surface area contributed by atoms with Crippen molar-refractivity contribution in [3.63, 3.8) is 0 Å². The number of rotatable bonds is 5. The van der Waals surface area contributed by atoms with Crippen LogP contribution in [-0.2, 0) is 10.2 Å². The zero-order valence-electron chi connectivity index (χ0n) is 13.2. The monoisotopic (exact) mass is 290 g/mol. The molecule has 1 aromatic rings. The second-order valence-electron chi connectivity index (χ2n) is 6.66. The summed E-state index contributed by atoms with van der Waals surface area (Å²) in [4.78, 5) is 11.7. The number of nitrogens with one attached hydrogen (secondary N) is 2. The second-order valence-corrected chi connectivity index (χ2v) is 6.66. The summed E-state index contributed by atoms with van der Waals surface area (Å²) in [6, 6.07) is 8.37. The van der Waals surface area contributed by atoms with Gasteiger partial charge in [0.05, 0.1) is 0 Å². The third kappa shape index (κ3) is 5.05. The van der Waals surface area contributed by atoms with Crippen LogP contribution in [0.25, 0.3) is 0 Å². The van der Waals surface area contributed by atoms with Crippen molar-refractivity contribution in [2.45, 2.75) is 45.1 Å². The van der Waals surface area contributed by atoms with Gasteiger partial charge in [0.15, 0.2) is 6.61 Å². The van der Waals surface area contributed by atoms with E-state index in [4.69, 9.17) is 4.74 Å². The summed E-state index contributed by atoms with van der Waals surface area (Å²) in [5.41, 5.74) is 1.39. The molecule has 2 N–H and O–H groups in total. The molecule has 0 aliphatic carbocycles. The van der Waals surface area contributed by atoms with Gasteiger partial charge in [-0.1, -0.05) is 32.9 Å². The topological polar surface area (TPSA) is 50.4 Å². The van der Waals surface area contributed by atoms with Crippen LogP contribution in [0.5, 0.6) is 5.75 Å². The lowest BCUT2D eigenvalue weighted by Gasteiger charge is -2.19. The van der Waals surface area contributed by atoms with E-state index in [1.165, 1.54) is 12.0 Å². The molecular weight excluding hydrogens is 264 g/mol. The van der Waals surface area contributed by atoms with Crippen molar-refractivity contribution in [1.82, 2.24) is 10.6 Å². The van der Waals surface area contributed by atoms with E-state index in [1.807, 2.05) is 12.1 Å². The van der Waals surface area contributed by atoms with Crippen LogP contribution < -0.4 is 15.4 Å². The van der Waals surface area contributed by atoms with Crippen LogP contribution >= 0.6 is 0 Å². The largest absolute Gasteiger partial charge is 0.484 e. The number of ether oxygens (including phenoxy) is 1. The van der Waals surface area contributed by atoms with Crippen molar-refractivity contribution in [2.75, 3.05) is 19.7 Å². The van der Waals surface area contributed by atoms with Crippen LogP contribution in [0.3, 0.4) is 0 Å². The lowest BCUT2D eigenvalue weighted by atomic mass is 9.87. The number of hydrogen-bond donors (Lipinski definition) is 2. The van der Waals surface area contributed by atoms with Gasteiger partial charge in [-0.05, 0) is 42.5 Å². The molecule has 21 heavy (non-hydrogen) atoms. The molecule has 4 heteroatoms. The van der Waals surface area contributed by atoms with Gasteiger partial charge in [0.1, 0.15) is 5.75 Å². The summed E-state index contributed by atoms with van der Waals surface area (Å²) < 4.78 is 5.52. The molecule has 1 fully saturated rings. The summed E-state index contributed by atoms with van der Waals surface area (Å²) in [6.07, 6.45) is 2.33. The van der Waals surface area contributed by atoms with E-state index in [1.54, 1.807) is 0 Å². The third-order valence-corrected chi connectivity index (χ3v) is 3.80. The first-order valence-electron chi connectivity index (χ1n) is 7.68. The lowest BCUT2D eigenvalue weighted by Crippen LogP contribution is -2.39. The zero-order valence-corrected chi connectivity index (χ0v) is 13.2. The van der Waals surface area contributed by atoms with E-state index in [0.717, 1.165) is 18.7 Å². The minimum absolute atomic E-state index is 0.0661. The molecule has 1 saturated heterocycles. The maximum Gasteiger partial charge on any atom is 0.257 e. The molecule has 4 nitrogen and oxygen atoms in total. The van der Waals surface area contributed by atoms with E-state index in [0.29, 0.717) is 12.6 Å². The third-order valence-electron chi connectivity index (χ3n) is 3.80. The van der Waals surface area contributed by atoms with Crippen molar-refractivity contribution >= 4 is 5.91 Å². The van der Waals surface area contributed by atoms with Gasteiger partial charge in [-0.15, -0.1) is 0 Å². The van der Waals surface area contributed by atoms with Crippen LogP contribution in [0, 0.1) is 0 Å². The van der Waals surface area contributed by atoms with Crippen molar-refractivity contribution in [1.29, 1.82) is 0 Å². The van der Waals surface area contributed by atoms with Crippen LogP contribution in [0.4, 0.5) is 0 Å². The highest BCUT2D eigenvalue weighted by Crippen LogP contribution is 2.24. The van der Waals surface area contributed by atoms with Crippen molar-refractivity contribution in [3.8, 4) is 5.75 Å². The molecule has 1 atom stereocenters. The zero-order chi connectivity index (χ0) is 15.3. The second kappa shape index (κ2) is 6.94. The summed E-state index contributed by atoms with van der Waals surface area (Å²) >= 11 is 0. The fraction of sp³-hybridized carbons (Fsp3) is 0.588. The predicted molar refractivity (Wildman–Crippen MR) is 84.7 cm³/mol. The normalized spacial score (nSPS) is 18.5. The molecule has 1 heterocycles. The molecule has 116 valence electrons. The highest BCUT2D eigenvalue weighted by atomic mass is 16.5. The van der Waals surface area contributed by atoms with E-state index in [2.05, 4.69) is 43.5 Å². The number of hydrogen-bond acceptors (Lipinski definition) is 3. The Kier molecular flexibility index (Phi) is 5.23. The van der Waals surface area contributed by atoms with E-state index < -0.39 is 0 Å². The van der Waals surface area contributed by atoms with Gasteiger partial charge in [-0.2, -0.15) is 0 Å². The molecule has 0 saturated carbocycles. The van der Waals surface area contributed by atoms with Gasteiger partial charge >= 0.3 is 0 Å². The number of carbonyl (C=O) groups excluding carboxylic acids is 1. The van der Waals surface area contributed by atoms with Gasteiger partial charge in [0, 0.05) is 12.6 Å². The van der Waals surface area contributed by atoms with Crippen LogP contribution in [0.2, 0.25) is 0 Å². The summed E-state index contributed by atoms with van der Waals surface area (Å²) in [7, 11) is 0. The minimum atomic E-state index is -0.0661. The standard InChI is InChI=1S/C17H26N2O2/c1-17(2,3)13-6-8-15(9-7-13)21-12-16(20)19-11-14-5-4-10-18-14/h6-9,14,18H,4-5,10-12H2,1-3H3,(H,19,20). The molecule has 1 aliphatic heterocycles. The van der Waals surface area contributed by atoms with Gasteiger partial charge in [-0.3, -0.25) is 4.79 Å². The Hall–Kier alpha value is -1.55. The molecule has 1 aliphatic rings. The summed E-state index contributed by atoms with van der Waals surface area (Å²) in [5.74, 6) is 0.667. The SMILES string of the molecule is CC(C)(C)c1ccc(OCC(=O)NCC2CCCN2)cc1. The Morgan fingerprint density at radius 2 is 2.05 bits per heavy atom. The first kappa shape index (κ1) is 15.8. The minimum Gasteiger partial charge on any atom is -0.484 e.